The molecule has 0 saturated heterocycles. The van der Waals surface area contributed by atoms with Crippen LogP contribution in [0.5, 0.6) is 0 Å². The van der Waals surface area contributed by atoms with Gasteiger partial charge in [0.05, 0.1) is 0 Å². The van der Waals surface area contributed by atoms with Crippen molar-refractivity contribution in [1.29, 1.82) is 0 Å². The minimum absolute atomic E-state index is 1.21. The van der Waals surface area contributed by atoms with Gasteiger partial charge in [-0.25, -0.2) is 0 Å². The molecule has 0 unspecified atom stereocenters. The Labute approximate surface area is 336 Å². The molecule has 12 rings (SSSR count). The van der Waals surface area contributed by atoms with E-state index in [1.165, 1.54) is 120 Å². The van der Waals surface area contributed by atoms with E-state index >= 15 is 0 Å². The average molecular weight is 733 g/mol. The van der Waals surface area contributed by atoms with Crippen LogP contribution in [0.15, 0.2) is 218 Å². The second-order valence-corrected chi connectivity index (χ2v) is 15.7. The Morgan fingerprint density at radius 2 is 0.466 bits per heavy atom. The maximum absolute atomic E-state index is 2.45. The zero-order chi connectivity index (χ0) is 38.2. The summed E-state index contributed by atoms with van der Waals surface area (Å²) in [5.74, 6) is 0. The molecule has 0 atom stereocenters. The van der Waals surface area contributed by atoms with Crippen molar-refractivity contribution in [2.45, 2.75) is 0 Å². The standard InChI is InChI=1S/C58H36/c1-4-12-40-29-43(20-17-37(40)9-1)44-21-22-46-31-47(24-23-45(46)30-44)48-27-28-53-56(34-48)55(50-26-19-39-11-3-6-14-42(39)33-50)36-57-52-16-8-7-15-51(52)54(35-58(53)57)49-25-18-38-10-2-5-13-41(38)32-49/h1-36H. The first-order valence-electron chi connectivity index (χ1n) is 20.1. The molecule has 268 valence electrons. The van der Waals surface area contributed by atoms with Gasteiger partial charge in [0.1, 0.15) is 0 Å². The van der Waals surface area contributed by atoms with Crippen LogP contribution in [-0.2, 0) is 0 Å². The van der Waals surface area contributed by atoms with Crippen molar-refractivity contribution in [2.75, 3.05) is 0 Å². The summed E-state index contributed by atoms with van der Waals surface area (Å²) in [5.41, 5.74) is 9.88. The molecule has 0 saturated carbocycles. The molecule has 12 aromatic carbocycles. The number of hydrogen-bond acceptors (Lipinski definition) is 0. The van der Waals surface area contributed by atoms with Gasteiger partial charge in [0.15, 0.2) is 0 Å². The Morgan fingerprint density at radius 1 is 0.155 bits per heavy atom. The predicted molar refractivity (Wildman–Crippen MR) is 251 cm³/mol. The molecule has 0 fully saturated rings. The number of benzene rings is 12. The molecule has 0 aliphatic heterocycles. The fourth-order valence-electron chi connectivity index (χ4n) is 9.34. The van der Waals surface area contributed by atoms with Gasteiger partial charge in [-0.3, -0.25) is 0 Å². The fraction of sp³-hybridized carbons (Fsp3) is 0. The smallest absolute Gasteiger partial charge is 0.00923 e. The second-order valence-electron chi connectivity index (χ2n) is 15.7. The molecule has 12 aromatic rings. The molecule has 0 nitrogen and oxygen atoms in total. The molecule has 0 aliphatic rings. The first kappa shape index (κ1) is 32.7. The third kappa shape index (κ3) is 5.38. The Hall–Kier alpha value is -7.54. The fourth-order valence-corrected chi connectivity index (χ4v) is 9.34. The summed E-state index contributed by atoms with van der Waals surface area (Å²) >= 11 is 0. The van der Waals surface area contributed by atoms with Gasteiger partial charge in [-0.15, -0.1) is 0 Å². The zero-order valence-electron chi connectivity index (χ0n) is 31.8. The lowest BCUT2D eigenvalue weighted by atomic mass is 9.86. The van der Waals surface area contributed by atoms with E-state index in [2.05, 4.69) is 218 Å². The zero-order valence-corrected chi connectivity index (χ0v) is 31.8. The third-order valence-electron chi connectivity index (χ3n) is 12.4. The Kier molecular flexibility index (Phi) is 7.33. The Balaban J connectivity index is 1.06. The molecule has 0 aromatic heterocycles. The van der Waals surface area contributed by atoms with Crippen LogP contribution in [-0.4, -0.2) is 0 Å². The maximum Gasteiger partial charge on any atom is -0.00923 e. The average Bonchev–Trinajstić information content (AvgIpc) is 3.30. The highest BCUT2D eigenvalue weighted by molar-refractivity contribution is 6.24. The van der Waals surface area contributed by atoms with Crippen molar-refractivity contribution >= 4 is 75.4 Å². The van der Waals surface area contributed by atoms with Gasteiger partial charge in [0.25, 0.3) is 0 Å². The highest BCUT2D eigenvalue weighted by Gasteiger charge is 2.16. The second kappa shape index (κ2) is 13.0. The van der Waals surface area contributed by atoms with E-state index in [-0.39, 0.29) is 0 Å². The monoisotopic (exact) mass is 732 g/mol. The molecule has 0 amide bonds. The number of fused-ring (bicyclic) bond motifs is 9. The number of hydrogen-bond donors (Lipinski definition) is 0. The van der Waals surface area contributed by atoms with Crippen molar-refractivity contribution in [3.05, 3.63) is 218 Å². The van der Waals surface area contributed by atoms with Gasteiger partial charge in [0, 0.05) is 0 Å². The van der Waals surface area contributed by atoms with Crippen LogP contribution in [0, 0.1) is 0 Å². The molecular formula is C58H36. The topological polar surface area (TPSA) is 0 Å². The molecule has 0 N–H and O–H groups in total. The van der Waals surface area contributed by atoms with Crippen LogP contribution in [0.3, 0.4) is 0 Å². The SMILES string of the molecule is c1ccc2cc(-c3ccc4cc(-c5ccc6c(c5)c(-c5ccc7ccccc7c5)cc5c7ccccc7c(-c7ccc8ccccc8c7)cc65)ccc4c3)ccc2c1. The summed E-state index contributed by atoms with van der Waals surface area (Å²) in [6.45, 7) is 0. The van der Waals surface area contributed by atoms with Crippen LogP contribution in [0.2, 0.25) is 0 Å². The molecule has 0 heteroatoms. The lowest BCUT2D eigenvalue weighted by Crippen LogP contribution is -1.90. The summed E-state index contributed by atoms with van der Waals surface area (Å²) in [5, 5.41) is 17.6. The summed E-state index contributed by atoms with van der Waals surface area (Å²) in [6.07, 6.45) is 0. The summed E-state index contributed by atoms with van der Waals surface area (Å²) in [6, 6.07) is 81.2. The van der Waals surface area contributed by atoms with E-state index in [0.717, 1.165) is 0 Å². The lowest BCUT2D eigenvalue weighted by Gasteiger charge is -2.17. The van der Waals surface area contributed by atoms with Crippen molar-refractivity contribution in [3.63, 3.8) is 0 Å². The quantitative estimate of drug-likeness (QED) is 0.158. The van der Waals surface area contributed by atoms with Gasteiger partial charge >= 0.3 is 0 Å². The first-order chi connectivity index (χ1) is 28.7. The van der Waals surface area contributed by atoms with Crippen LogP contribution >= 0.6 is 0 Å². The van der Waals surface area contributed by atoms with Crippen LogP contribution in [0.4, 0.5) is 0 Å². The predicted octanol–water partition coefficient (Wildman–Crippen LogP) is 16.4. The van der Waals surface area contributed by atoms with Gasteiger partial charge in [-0.2, -0.15) is 0 Å². The van der Waals surface area contributed by atoms with E-state index in [9.17, 15) is 0 Å². The van der Waals surface area contributed by atoms with E-state index in [1.54, 1.807) is 0 Å². The minimum atomic E-state index is 1.21. The lowest BCUT2D eigenvalue weighted by molar-refractivity contribution is 1.65. The molecule has 0 spiro atoms. The van der Waals surface area contributed by atoms with Gasteiger partial charge in [-0.05, 0) is 168 Å². The highest BCUT2D eigenvalue weighted by Crippen LogP contribution is 2.44. The Bertz CT molecular complexity index is 3620. The molecule has 0 aliphatic carbocycles. The molecule has 58 heavy (non-hydrogen) atoms. The highest BCUT2D eigenvalue weighted by atomic mass is 14.2. The van der Waals surface area contributed by atoms with E-state index in [0.29, 0.717) is 0 Å². The van der Waals surface area contributed by atoms with Crippen molar-refractivity contribution < 1.29 is 0 Å². The summed E-state index contributed by atoms with van der Waals surface area (Å²) in [7, 11) is 0. The number of rotatable bonds is 4. The molecule has 0 bridgehead atoms. The molecular weight excluding hydrogens is 697 g/mol. The molecule has 0 radical (unpaired) electrons. The maximum atomic E-state index is 2.45. The summed E-state index contributed by atoms with van der Waals surface area (Å²) < 4.78 is 0. The van der Waals surface area contributed by atoms with Crippen LogP contribution in [0.1, 0.15) is 0 Å². The van der Waals surface area contributed by atoms with Gasteiger partial charge < -0.3 is 0 Å². The van der Waals surface area contributed by atoms with Crippen LogP contribution in [0.25, 0.3) is 120 Å². The summed E-state index contributed by atoms with van der Waals surface area (Å²) in [4.78, 5) is 0. The largest absolute Gasteiger partial charge is 0.0616 e. The van der Waals surface area contributed by atoms with E-state index in [1.807, 2.05) is 0 Å². The normalized spacial score (nSPS) is 11.8. The van der Waals surface area contributed by atoms with Crippen molar-refractivity contribution in [3.8, 4) is 44.5 Å². The van der Waals surface area contributed by atoms with E-state index < -0.39 is 0 Å². The van der Waals surface area contributed by atoms with Crippen LogP contribution < -0.4 is 0 Å². The minimum Gasteiger partial charge on any atom is -0.0616 e. The Morgan fingerprint density at radius 3 is 0.966 bits per heavy atom. The van der Waals surface area contributed by atoms with Crippen molar-refractivity contribution in [1.82, 2.24) is 0 Å². The first-order valence-corrected chi connectivity index (χ1v) is 20.1. The third-order valence-corrected chi connectivity index (χ3v) is 12.4. The molecule has 0 heterocycles. The van der Waals surface area contributed by atoms with E-state index in [4.69, 9.17) is 0 Å². The van der Waals surface area contributed by atoms with Gasteiger partial charge in [0.2, 0.25) is 0 Å². The van der Waals surface area contributed by atoms with Gasteiger partial charge in [-0.1, -0.05) is 170 Å². The van der Waals surface area contributed by atoms with Crippen molar-refractivity contribution in [2.24, 2.45) is 0 Å².